The molecule has 0 saturated carbocycles. The second-order valence-electron chi connectivity index (χ2n) is 5.10. The van der Waals surface area contributed by atoms with E-state index in [0.717, 1.165) is 29.6 Å². The summed E-state index contributed by atoms with van der Waals surface area (Å²) in [5, 5.41) is -0.0704. The molecule has 0 bridgehead atoms. The van der Waals surface area contributed by atoms with Gasteiger partial charge in [0.1, 0.15) is 5.69 Å². The zero-order valence-electron chi connectivity index (χ0n) is 13.1. The van der Waals surface area contributed by atoms with Crippen LogP contribution in [0.15, 0.2) is 47.8 Å². The minimum Gasteiger partial charge on any atom is -0.338 e. The zero-order chi connectivity index (χ0) is 17.7. The molecular weight excluding hydrogens is 339 g/mol. The van der Waals surface area contributed by atoms with Gasteiger partial charge in [0.05, 0.1) is 11.8 Å². The second kappa shape index (κ2) is 7.65. The highest BCUT2D eigenvalue weighted by Gasteiger charge is 2.32. The van der Waals surface area contributed by atoms with Crippen molar-refractivity contribution < 1.29 is 18.0 Å². The number of thioether (sulfide) groups is 1. The van der Waals surface area contributed by atoms with Gasteiger partial charge in [-0.15, -0.1) is 0 Å². The van der Waals surface area contributed by atoms with Crippen LogP contribution in [0.2, 0.25) is 0 Å². The average molecular weight is 355 g/mol. The highest BCUT2D eigenvalue weighted by atomic mass is 32.2. The van der Waals surface area contributed by atoms with Gasteiger partial charge in [0.2, 0.25) is 5.91 Å². The average Bonchev–Trinajstić information content (AvgIpc) is 2.58. The van der Waals surface area contributed by atoms with E-state index in [1.807, 2.05) is 37.3 Å². The number of nitrogens with zero attached hydrogens (tertiary/aromatic N) is 3. The Balaban J connectivity index is 1.98. The Kier molecular flexibility index (Phi) is 5.82. The lowest BCUT2D eigenvalue weighted by Crippen LogP contribution is -2.31. The predicted octanol–water partition coefficient (Wildman–Crippen LogP) is 3.81. The smallest absolute Gasteiger partial charge is 0.338 e. The van der Waals surface area contributed by atoms with Crippen LogP contribution in [0.5, 0.6) is 0 Å². The molecule has 0 aliphatic heterocycles. The maximum Gasteiger partial charge on any atom is 0.433 e. The molecule has 0 radical (unpaired) electrons. The molecule has 0 fully saturated rings. The van der Waals surface area contributed by atoms with Gasteiger partial charge in [0.25, 0.3) is 0 Å². The first-order valence-electron chi connectivity index (χ1n) is 7.12. The van der Waals surface area contributed by atoms with Crippen molar-refractivity contribution in [3.05, 3.63) is 53.9 Å². The molecule has 0 N–H and O–H groups in total. The summed E-state index contributed by atoms with van der Waals surface area (Å²) < 4.78 is 37.8. The van der Waals surface area contributed by atoms with E-state index in [2.05, 4.69) is 9.97 Å². The predicted molar refractivity (Wildman–Crippen MR) is 85.4 cm³/mol. The van der Waals surface area contributed by atoms with Crippen LogP contribution in [0, 0.1) is 0 Å². The van der Waals surface area contributed by atoms with E-state index in [1.165, 1.54) is 0 Å². The van der Waals surface area contributed by atoms with Gasteiger partial charge in [0.15, 0.2) is 5.16 Å². The van der Waals surface area contributed by atoms with E-state index in [-0.39, 0.29) is 22.9 Å². The maximum atomic E-state index is 12.6. The number of carbonyl (C=O) groups excluding carboxylic acids is 1. The lowest BCUT2D eigenvalue weighted by Gasteiger charge is -2.25. The van der Waals surface area contributed by atoms with Crippen LogP contribution in [-0.2, 0) is 11.0 Å². The number of aromatic nitrogens is 2. The number of rotatable bonds is 5. The maximum absolute atomic E-state index is 12.6. The quantitative estimate of drug-likeness (QED) is 0.604. The molecule has 128 valence electrons. The highest BCUT2D eigenvalue weighted by molar-refractivity contribution is 7.99. The summed E-state index contributed by atoms with van der Waals surface area (Å²) in [7, 11) is 1.66. The van der Waals surface area contributed by atoms with E-state index >= 15 is 0 Å². The number of amides is 1. The van der Waals surface area contributed by atoms with E-state index in [1.54, 1.807) is 11.9 Å². The first-order valence-corrected chi connectivity index (χ1v) is 8.11. The van der Waals surface area contributed by atoms with Crippen molar-refractivity contribution in [2.24, 2.45) is 0 Å². The summed E-state index contributed by atoms with van der Waals surface area (Å²) in [6, 6.07) is 10.1. The number of hydrogen-bond acceptors (Lipinski definition) is 4. The number of carbonyl (C=O) groups is 1. The zero-order valence-corrected chi connectivity index (χ0v) is 13.9. The Hall–Kier alpha value is -2.09. The van der Waals surface area contributed by atoms with Crippen LogP contribution in [0.25, 0.3) is 0 Å². The van der Waals surface area contributed by atoms with Crippen molar-refractivity contribution in [2.45, 2.75) is 24.3 Å². The molecule has 0 saturated heterocycles. The third-order valence-corrected chi connectivity index (χ3v) is 4.35. The summed E-state index contributed by atoms with van der Waals surface area (Å²) in [6.45, 7) is 1.89. The molecule has 1 unspecified atom stereocenters. The number of halogens is 3. The fraction of sp³-hybridized carbons (Fsp3) is 0.312. The van der Waals surface area contributed by atoms with Crippen LogP contribution in [-0.4, -0.2) is 33.6 Å². The van der Waals surface area contributed by atoms with Gasteiger partial charge in [-0.25, -0.2) is 9.97 Å². The Morgan fingerprint density at radius 2 is 1.92 bits per heavy atom. The lowest BCUT2D eigenvalue weighted by molar-refractivity contribution is -0.141. The van der Waals surface area contributed by atoms with E-state index < -0.39 is 11.9 Å². The van der Waals surface area contributed by atoms with E-state index in [4.69, 9.17) is 0 Å². The Labute approximate surface area is 142 Å². The number of alkyl halides is 3. The van der Waals surface area contributed by atoms with Gasteiger partial charge in [-0.3, -0.25) is 4.79 Å². The van der Waals surface area contributed by atoms with Gasteiger partial charge in [-0.2, -0.15) is 13.2 Å². The molecule has 1 aromatic heterocycles. The molecule has 24 heavy (non-hydrogen) atoms. The van der Waals surface area contributed by atoms with Gasteiger partial charge in [-0.05, 0) is 18.6 Å². The first-order chi connectivity index (χ1) is 11.3. The molecule has 1 heterocycles. The number of hydrogen-bond donors (Lipinski definition) is 0. The van der Waals surface area contributed by atoms with Gasteiger partial charge < -0.3 is 4.90 Å². The minimum atomic E-state index is -4.53. The fourth-order valence-corrected chi connectivity index (χ4v) is 2.72. The molecule has 1 aromatic carbocycles. The molecule has 2 rings (SSSR count). The SMILES string of the molecule is CC(c1ccccc1)N(C)C(=O)CSc1nccc(C(F)(F)F)n1. The van der Waals surface area contributed by atoms with Crippen LogP contribution in [0.3, 0.4) is 0 Å². The minimum absolute atomic E-state index is 0.0328. The summed E-state index contributed by atoms with van der Waals surface area (Å²) in [4.78, 5) is 21.0. The summed E-state index contributed by atoms with van der Waals surface area (Å²) in [5.74, 6) is -0.244. The summed E-state index contributed by atoms with van der Waals surface area (Å²) >= 11 is 0.886. The van der Waals surface area contributed by atoms with E-state index in [0.29, 0.717) is 0 Å². The largest absolute Gasteiger partial charge is 0.433 e. The second-order valence-corrected chi connectivity index (χ2v) is 6.04. The summed E-state index contributed by atoms with van der Waals surface area (Å²) in [5.41, 5.74) is -0.0351. The van der Waals surface area contributed by atoms with E-state index in [9.17, 15) is 18.0 Å². The van der Waals surface area contributed by atoms with Crippen molar-refractivity contribution in [3.8, 4) is 0 Å². The van der Waals surface area contributed by atoms with Crippen molar-refractivity contribution in [3.63, 3.8) is 0 Å². The van der Waals surface area contributed by atoms with Crippen LogP contribution in [0.1, 0.15) is 24.2 Å². The highest BCUT2D eigenvalue weighted by Crippen LogP contribution is 2.28. The van der Waals surface area contributed by atoms with Crippen molar-refractivity contribution in [1.82, 2.24) is 14.9 Å². The standard InChI is InChI=1S/C16H16F3N3OS/c1-11(12-6-4-3-5-7-12)22(2)14(23)10-24-15-20-9-8-13(21-15)16(17,18)19/h3-9,11H,10H2,1-2H3. The van der Waals surface area contributed by atoms with Crippen LogP contribution < -0.4 is 0 Å². The topological polar surface area (TPSA) is 46.1 Å². The van der Waals surface area contributed by atoms with Gasteiger partial charge in [-0.1, -0.05) is 42.1 Å². The molecule has 0 aliphatic rings. The third-order valence-electron chi connectivity index (χ3n) is 3.50. The van der Waals surface area contributed by atoms with Crippen molar-refractivity contribution >= 4 is 17.7 Å². The van der Waals surface area contributed by atoms with Gasteiger partial charge >= 0.3 is 6.18 Å². The molecule has 2 aromatic rings. The van der Waals surface area contributed by atoms with Crippen molar-refractivity contribution in [2.75, 3.05) is 12.8 Å². The Morgan fingerprint density at radius 3 is 2.54 bits per heavy atom. The molecule has 4 nitrogen and oxygen atoms in total. The molecule has 0 aliphatic carbocycles. The molecule has 8 heteroatoms. The fourth-order valence-electron chi connectivity index (χ4n) is 1.97. The monoisotopic (exact) mass is 355 g/mol. The number of benzene rings is 1. The summed E-state index contributed by atoms with van der Waals surface area (Å²) in [6.07, 6.45) is -3.49. The molecular formula is C16H16F3N3OS. The molecule has 0 spiro atoms. The Morgan fingerprint density at radius 1 is 1.25 bits per heavy atom. The van der Waals surface area contributed by atoms with Crippen molar-refractivity contribution in [1.29, 1.82) is 0 Å². The normalized spacial score (nSPS) is 12.7. The molecule has 1 amide bonds. The lowest BCUT2D eigenvalue weighted by atomic mass is 10.1. The first kappa shape index (κ1) is 18.3. The van der Waals surface area contributed by atoms with Gasteiger partial charge in [0, 0.05) is 13.2 Å². The molecule has 1 atom stereocenters. The third kappa shape index (κ3) is 4.70. The Bertz CT molecular complexity index is 694. The van der Waals surface area contributed by atoms with Crippen LogP contribution >= 0.6 is 11.8 Å². The van der Waals surface area contributed by atoms with Crippen LogP contribution in [0.4, 0.5) is 13.2 Å².